The van der Waals surface area contributed by atoms with Gasteiger partial charge in [0.1, 0.15) is 5.52 Å². The Kier molecular flexibility index (Phi) is 5.06. The van der Waals surface area contributed by atoms with Crippen molar-refractivity contribution in [3.8, 4) is 11.5 Å². The van der Waals surface area contributed by atoms with Crippen LogP contribution in [-0.2, 0) is 4.74 Å². The van der Waals surface area contributed by atoms with Gasteiger partial charge in [0.25, 0.3) is 0 Å². The summed E-state index contributed by atoms with van der Waals surface area (Å²) in [7, 11) is 0. The van der Waals surface area contributed by atoms with Crippen molar-refractivity contribution in [2.45, 2.75) is 25.8 Å². The van der Waals surface area contributed by atoms with Crippen molar-refractivity contribution in [3.63, 3.8) is 0 Å². The normalized spacial score (nSPS) is 15.0. The third-order valence-corrected chi connectivity index (χ3v) is 4.97. The number of amides is 1. The third-order valence-electron chi connectivity index (χ3n) is 4.97. The zero-order valence-corrected chi connectivity index (χ0v) is 15.9. The predicted octanol–water partition coefficient (Wildman–Crippen LogP) is 4.11. The number of likely N-dealkylation sites (tertiary alicyclic amines) is 1. The topological polar surface area (TPSA) is 93.6 Å². The number of oxazole rings is 1. The first-order chi connectivity index (χ1) is 13.6. The van der Waals surface area contributed by atoms with Crippen molar-refractivity contribution in [2.75, 3.05) is 30.7 Å². The van der Waals surface area contributed by atoms with Gasteiger partial charge in [0.2, 0.25) is 5.89 Å². The third kappa shape index (κ3) is 3.74. The average Bonchev–Trinajstić information content (AvgIpc) is 3.14. The van der Waals surface area contributed by atoms with E-state index in [4.69, 9.17) is 14.9 Å². The number of nitrogens with one attached hydrogen (secondary N) is 1. The molecule has 3 aromatic rings. The number of rotatable bonds is 4. The molecule has 1 aliphatic rings. The number of para-hydroxylation sites is 2. The molecule has 0 spiro atoms. The Morgan fingerprint density at radius 1 is 1.29 bits per heavy atom. The number of fused-ring (bicyclic) bond motifs is 1. The number of carbonyl (C=O) groups excluding carboxylic acids is 1. The first kappa shape index (κ1) is 18.2. The van der Waals surface area contributed by atoms with Gasteiger partial charge in [0.15, 0.2) is 5.58 Å². The Bertz CT molecular complexity index is 944. The number of nitrogens with two attached hydrogens (primary N) is 1. The van der Waals surface area contributed by atoms with Crippen LogP contribution in [-0.4, -0.2) is 41.7 Å². The van der Waals surface area contributed by atoms with Gasteiger partial charge in [-0.1, -0.05) is 12.1 Å². The monoisotopic (exact) mass is 380 g/mol. The van der Waals surface area contributed by atoms with Crippen molar-refractivity contribution in [1.29, 1.82) is 0 Å². The Morgan fingerprint density at radius 2 is 2.07 bits per heavy atom. The van der Waals surface area contributed by atoms with Crippen LogP contribution in [0.25, 0.3) is 22.6 Å². The van der Waals surface area contributed by atoms with Crippen LogP contribution in [0.1, 0.15) is 19.8 Å². The summed E-state index contributed by atoms with van der Waals surface area (Å²) in [5, 5.41) is 3.49. The van der Waals surface area contributed by atoms with E-state index in [1.165, 1.54) is 0 Å². The number of nitrogens with zero attached hydrogens (tertiary/aromatic N) is 2. The molecule has 2 heterocycles. The predicted molar refractivity (Wildman–Crippen MR) is 109 cm³/mol. The zero-order chi connectivity index (χ0) is 19.5. The first-order valence-electron chi connectivity index (χ1n) is 9.57. The fraction of sp³-hybridized carbons (Fsp3) is 0.333. The number of aromatic nitrogens is 1. The van der Waals surface area contributed by atoms with E-state index in [2.05, 4.69) is 10.3 Å². The molecule has 0 unspecified atom stereocenters. The lowest BCUT2D eigenvalue weighted by molar-refractivity contribution is 0.0983. The van der Waals surface area contributed by atoms with E-state index in [1.54, 1.807) is 4.90 Å². The summed E-state index contributed by atoms with van der Waals surface area (Å²) in [5.41, 5.74) is 10.2. The summed E-state index contributed by atoms with van der Waals surface area (Å²) in [4.78, 5) is 18.1. The molecular formula is C21H24N4O3. The van der Waals surface area contributed by atoms with E-state index in [0.717, 1.165) is 35.2 Å². The van der Waals surface area contributed by atoms with Crippen molar-refractivity contribution >= 4 is 28.6 Å². The minimum Gasteiger partial charge on any atom is -0.450 e. The van der Waals surface area contributed by atoms with Gasteiger partial charge >= 0.3 is 6.09 Å². The van der Waals surface area contributed by atoms with Gasteiger partial charge < -0.3 is 25.1 Å². The van der Waals surface area contributed by atoms with Crippen molar-refractivity contribution in [2.24, 2.45) is 0 Å². The number of piperidine rings is 1. The van der Waals surface area contributed by atoms with E-state index < -0.39 is 0 Å². The number of hydrogen-bond donors (Lipinski definition) is 2. The quantitative estimate of drug-likeness (QED) is 0.662. The van der Waals surface area contributed by atoms with Gasteiger partial charge in [0.05, 0.1) is 18.0 Å². The second-order valence-corrected chi connectivity index (χ2v) is 6.89. The molecule has 1 amide bonds. The van der Waals surface area contributed by atoms with E-state index >= 15 is 0 Å². The van der Waals surface area contributed by atoms with Crippen LogP contribution >= 0.6 is 0 Å². The number of benzene rings is 2. The summed E-state index contributed by atoms with van der Waals surface area (Å²) in [5.74, 6) is 0.558. The van der Waals surface area contributed by atoms with Crippen LogP contribution in [0.2, 0.25) is 0 Å². The fourth-order valence-electron chi connectivity index (χ4n) is 3.46. The first-order valence-corrected chi connectivity index (χ1v) is 9.57. The molecule has 1 aromatic heterocycles. The molecule has 3 N–H and O–H groups in total. The molecule has 1 fully saturated rings. The molecule has 1 saturated heterocycles. The highest BCUT2D eigenvalue weighted by Crippen LogP contribution is 2.30. The second kappa shape index (κ2) is 7.80. The Labute approximate surface area is 163 Å². The largest absolute Gasteiger partial charge is 0.450 e. The number of nitrogen functional groups attached to an aromatic ring is 1. The van der Waals surface area contributed by atoms with Gasteiger partial charge in [-0.3, -0.25) is 0 Å². The molecule has 0 bridgehead atoms. The maximum absolute atomic E-state index is 11.8. The van der Waals surface area contributed by atoms with Gasteiger partial charge in [-0.05, 0) is 50.1 Å². The molecule has 7 heteroatoms. The summed E-state index contributed by atoms with van der Waals surface area (Å²) in [6.07, 6.45) is 1.47. The molecule has 4 rings (SSSR count). The molecule has 0 saturated carbocycles. The molecule has 1 aliphatic heterocycles. The maximum Gasteiger partial charge on any atom is 0.409 e. The second-order valence-electron chi connectivity index (χ2n) is 6.89. The Hall–Kier alpha value is -3.22. The van der Waals surface area contributed by atoms with E-state index in [0.29, 0.717) is 31.3 Å². The molecule has 0 radical (unpaired) electrons. The van der Waals surface area contributed by atoms with Gasteiger partial charge in [-0.25, -0.2) is 9.78 Å². The smallest absolute Gasteiger partial charge is 0.409 e. The standard InChI is InChI=1S/C21H24N4O3/c1-2-27-21(26)25-11-9-15(10-12-25)23-17-8-7-14(13-16(17)22)20-24-18-5-3-4-6-19(18)28-20/h3-8,13,15,23H,2,9-12,22H2,1H3. The number of carbonyl (C=O) groups is 1. The Morgan fingerprint density at radius 3 is 2.79 bits per heavy atom. The lowest BCUT2D eigenvalue weighted by Gasteiger charge is -2.32. The summed E-state index contributed by atoms with van der Waals surface area (Å²) < 4.78 is 10.9. The summed E-state index contributed by atoms with van der Waals surface area (Å²) in [6.45, 7) is 3.58. The Balaban J connectivity index is 1.42. The average molecular weight is 380 g/mol. The zero-order valence-electron chi connectivity index (χ0n) is 15.9. The van der Waals surface area contributed by atoms with Crippen LogP contribution in [0.4, 0.5) is 16.2 Å². The minimum absolute atomic E-state index is 0.233. The highest BCUT2D eigenvalue weighted by molar-refractivity contribution is 5.78. The summed E-state index contributed by atoms with van der Waals surface area (Å²) >= 11 is 0. The molecular weight excluding hydrogens is 356 g/mol. The maximum atomic E-state index is 11.8. The molecule has 2 aromatic carbocycles. The van der Waals surface area contributed by atoms with Crippen LogP contribution in [0, 0.1) is 0 Å². The molecule has 146 valence electrons. The fourth-order valence-corrected chi connectivity index (χ4v) is 3.46. The van der Waals surface area contributed by atoms with Crippen molar-refractivity contribution in [1.82, 2.24) is 9.88 Å². The van der Waals surface area contributed by atoms with E-state index in [1.807, 2.05) is 49.4 Å². The van der Waals surface area contributed by atoms with Gasteiger partial charge in [-0.2, -0.15) is 0 Å². The van der Waals surface area contributed by atoms with Gasteiger partial charge in [-0.15, -0.1) is 0 Å². The van der Waals surface area contributed by atoms with Crippen molar-refractivity contribution < 1.29 is 13.9 Å². The van der Waals surface area contributed by atoms with Crippen molar-refractivity contribution in [3.05, 3.63) is 42.5 Å². The minimum atomic E-state index is -0.233. The molecule has 7 nitrogen and oxygen atoms in total. The van der Waals surface area contributed by atoms with Gasteiger partial charge in [0, 0.05) is 24.7 Å². The number of hydrogen-bond acceptors (Lipinski definition) is 6. The SMILES string of the molecule is CCOC(=O)N1CCC(Nc2ccc(-c3nc4ccccc4o3)cc2N)CC1. The number of anilines is 2. The van der Waals surface area contributed by atoms with Crippen LogP contribution in [0.3, 0.4) is 0 Å². The highest BCUT2D eigenvalue weighted by atomic mass is 16.6. The molecule has 0 aliphatic carbocycles. The van der Waals surface area contributed by atoms with E-state index in [-0.39, 0.29) is 12.1 Å². The van der Waals surface area contributed by atoms with Crippen LogP contribution < -0.4 is 11.1 Å². The van der Waals surface area contributed by atoms with Crippen LogP contribution in [0.15, 0.2) is 46.9 Å². The van der Waals surface area contributed by atoms with E-state index in [9.17, 15) is 4.79 Å². The summed E-state index contributed by atoms with van der Waals surface area (Å²) in [6, 6.07) is 13.7. The molecule has 28 heavy (non-hydrogen) atoms. The number of ether oxygens (including phenoxy) is 1. The lowest BCUT2D eigenvalue weighted by Crippen LogP contribution is -2.42. The van der Waals surface area contributed by atoms with Crippen LogP contribution in [0.5, 0.6) is 0 Å². The highest BCUT2D eigenvalue weighted by Gasteiger charge is 2.23. The molecule has 0 atom stereocenters. The lowest BCUT2D eigenvalue weighted by atomic mass is 10.0.